The van der Waals surface area contributed by atoms with Crippen LogP contribution in [0.4, 0.5) is 0 Å². The van der Waals surface area contributed by atoms with Crippen LogP contribution in [-0.2, 0) is 32.7 Å². The van der Waals surface area contributed by atoms with Gasteiger partial charge in [-0.1, -0.05) is 150 Å². The summed E-state index contributed by atoms with van der Waals surface area (Å²) in [5.74, 6) is -0.930. The van der Waals surface area contributed by atoms with Gasteiger partial charge in [-0.05, 0) is 70.6 Å². The molecule has 338 valence electrons. The molecule has 0 aliphatic carbocycles. The van der Waals surface area contributed by atoms with Gasteiger partial charge in [0.1, 0.15) is 19.8 Å². The molecule has 0 radical (unpaired) electrons. The van der Waals surface area contributed by atoms with Crippen LogP contribution in [0, 0.1) is 0 Å². The van der Waals surface area contributed by atoms with Crippen LogP contribution in [0.3, 0.4) is 0 Å². The number of carbonyl (C=O) groups excluding carboxylic acids is 2. The van der Waals surface area contributed by atoms with E-state index in [2.05, 4.69) is 61.6 Å². The molecule has 59 heavy (non-hydrogen) atoms. The molecule has 0 aliphatic heterocycles. The van der Waals surface area contributed by atoms with Gasteiger partial charge in [-0.2, -0.15) is 0 Å². The van der Waals surface area contributed by atoms with E-state index in [0.29, 0.717) is 23.9 Å². The molecule has 3 atom stereocenters. The Labute approximate surface area is 359 Å². The number of allylic oxidation sites excluding steroid dienone is 13. The van der Waals surface area contributed by atoms with Gasteiger partial charge in [0.15, 0.2) is 6.10 Å². The average molecular weight is 849 g/mol. The zero-order valence-electron chi connectivity index (χ0n) is 37.6. The van der Waals surface area contributed by atoms with E-state index in [-0.39, 0.29) is 32.2 Å². The first-order valence-electron chi connectivity index (χ1n) is 22.4. The highest BCUT2D eigenvalue weighted by molar-refractivity contribution is 7.47. The molecule has 10 nitrogen and oxygen atoms in total. The number of phosphoric ester groups is 1. The number of hydrogen-bond donors (Lipinski definition) is 2. The van der Waals surface area contributed by atoms with Crippen molar-refractivity contribution in [2.45, 2.75) is 161 Å². The standard InChI is InChI=1S/C48H82NO9P/c1-6-8-9-10-11-12-13-14-17-21-24-27-30-33-36-39-47(51)55-43-46(44-57-59(53,54)56-42-41-49(3,4)5)58-48(52)40-37-34-31-28-25-22-19-16-15-18-20-23-26-29-32-35-38-45(50)7-2/h14-17,20,22-23,25,29,31-32,34-35,38,45-46,50H,6-13,18-19,21,24,26-28,30,33,36-37,39-44H2,1-5H3/p+1/b16-15-,17-14-,23-20-,25-22-,32-29-,34-31-,38-35+. The second-order valence-corrected chi connectivity index (χ2v) is 17.3. The number of ether oxygens (including phenoxy) is 2. The van der Waals surface area contributed by atoms with Crippen molar-refractivity contribution in [1.29, 1.82) is 0 Å². The molecule has 0 aromatic carbocycles. The van der Waals surface area contributed by atoms with Gasteiger partial charge in [-0.15, -0.1) is 0 Å². The molecule has 0 rings (SSSR count). The Morgan fingerprint density at radius 1 is 0.610 bits per heavy atom. The number of unbranched alkanes of at least 4 members (excludes halogenated alkanes) is 11. The van der Waals surface area contributed by atoms with E-state index in [4.69, 9.17) is 18.5 Å². The van der Waals surface area contributed by atoms with E-state index >= 15 is 0 Å². The minimum absolute atomic E-state index is 0.00690. The van der Waals surface area contributed by atoms with E-state index in [0.717, 1.165) is 64.2 Å². The van der Waals surface area contributed by atoms with Gasteiger partial charge in [0.2, 0.25) is 0 Å². The second-order valence-electron chi connectivity index (χ2n) is 15.9. The second kappa shape index (κ2) is 39.3. The highest BCUT2D eigenvalue weighted by Crippen LogP contribution is 2.43. The largest absolute Gasteiger partial charge is 0.472 e. The third-order valence-corrected chi connectivity index (χ3v) is 10.1. The summed E-state index contributed by atoms with van der Waals surface area (Å²) in [4.78, 5) is 35.3. The predicted molar refractivity (Wildman–Crippen MR) is 244 cm³/mol. The SMILES string of the molecule is CCCCCCCC/C=C\CCCCCCCC(=O)OCC(COP(=O)(O)OCC[N+](C)(C)C)OC(=O)CC/C=C\C/C=C\C/C=C\C/C=C\C/C=C\C=C\C(O)CC. The number of rotatable bonds is 39. The number of aliphatic hydroxyl groups is 1. The Bertz CT molecular complexity index is 1300. The van der Waals surface area contributed by atoms with Crippen LogP contribution in [0.5, 0.6) is 0 Å². The monoisotopic (exact) mass is 849 g/mol. The molecule has 0 fully saturated rings. The number of likely N-dealkylation sites (N-methyl/N-ethyl adjacent to an activating group) is 1. The van der Waals surface area contributed by atoms with Crippen LogP contribution in [0.25, 0.3) is 0 Å². The molecule has 0 bridgehead atoms. The lowest BCUT2D eigenvalue weighted by molar-refractivity contribution is -0.870. The van der Waals surface area contributed by atoms with Crippen molar-refractivity contribution < 1.29 is 47.2 Å². The van der Waals surface area contributed by atoms with Gasteiger partial charge in [0.25, 0.3) is 0 Å². The summed E-state index contributed by atoms with van der Waals surface area (Å²) in [5, 5.41) is 9.48. The van der Waals surface area contributed by atoms with Crippen LogP contribution in [0.1, 0.15) is 149 Å². The number of aliphatic hydroxyl groups excluding tert-OH is 1. The molecule has 0 amide bonds. The van der Waals surface area contributed by atoms with Gasteiger partial charge < -0.3 is 24.0 Å². The number of hydrogen-bond acceptors (Lipinski definition) is 8. The highest BCUT2D eigenvalue weighted by Gasteiger charge is 2.27. The molecular formula is C48H83NO9P+. The van der Waals surface area contributed by atoms with E-state index in [9.17, 15) is 24.2 Å². The van der Waals surface area contributed by atoms with Crippen molar-refractivity contribution in [2.24, 2.45) is 0 Å². The topological polar surface area (TPSA) is 129 Å². The first-order valence-corrected chi connectivity index (χ1v) is 23.9. The molecule has 0 aliphatic rings. The molecule has 0 saturated heterocycles. The summed E-state index contributed by atoms with van der Waals surface area (Å²) >= 11 is 0. The van der Waals surface area contributed by atoms with E-state index in [1.165, 1.54) is 44.9 Å². The Kier molecular flexibility index (Phi) is 37.4. The van der Waals surface area contributed by atoms with Crippen molar-refractivity contribution >= 4 is 19.8 Å². The third kappa shape index (κ3) is 43.1. The Morgan fingerprint density at radius 2 is 1.14 bits per heavy atom. The molecule has 0 aromatic heterocycles. The summed E-state index contributed by atoms with van der Waals surface area (Å²) < 4.78 is 34.2. The lowest BCUT2D eigenvalue weighted by atomic mass is 10.1. The van der Waals surface area contributed by atoms with Gasteiger partial charge in [0.05, 0.1) is 33.9 Å². The third-order valence-electron chi connectivity index (χ3n) is 9.08. The van der Waals surface area contributed by atoms with Crippen molar-refractivity contribution in [3.63, 3.8) is 0 Å². The normalized spacial score (nSPS) is 14.9. The van der Waals surface area contributed by atoms with Crippen LogP contribution in [-0.4, -0.2) is 86.1 Å². The lowest BCUT2D eigenvalue weighted by Crippen LogP contribution is -2.37. The van der Waals surface area contributed by atoms with E-state index < -0.39 is 32.5 Å². The summed E-state index contributed by atoms with van der Waals surface area (Å²) in [6.45, 7) is 3.96. The number of nitrogens with zero attached hydrogens (tertiary/aromatic N) is 1. The summed E-state index contributed by atoms with van der Waals surface area (Å²) in [5.41, 5.74) is 0. The number of quaternary nitrogens is 1. The quantitative estimate of drug-likeness (QED) is 0.0155. The Hall–Kier alpha value is -2.85. The molecule has 11 heteroatoms. The smallest absolute Gasteiger partial charge is 0.462 e. The van der Waals surface area contributed by atoms with Crippen molar-refractivity contribution in [3.05, 3.63) is 85.1 Å². The maximum Gasteiger partial charge on any atom is 0.472 e. The average Bonchev–Trinajstić information content (AvgIpc) is 3.19. The fourth-order valence-electron chi connectivity index (χ4n) is 5.40. The van der Waals surface area contributed by atoms with Gasteiger partial charge >= 0.3 is 19.8 Å². The fourth-order valence-corrected chi connectivity index (χ4v) is 6.14. The minimum Gasteiger partial charge on any atom is -0.462 e. The fraction of sp³-hybridized carbons (Fsp3) is 0.667. The maximum atomic E-state index is 12.7. The van der Waals surface area contributed by atoms with Gasteiger partial charge in [-0.3, -0.25) is 18.6 Å². The molecule has 0 heterocycles. The van der Waals surface area contributed by atoms with Crippen molar-refractivity contribution in [3.8, 4) is 0 Å². The number of phosphoric acid groups is 1. The van der Waals surface area contributed by atoms with Crippen LogP contribution in [0.15, 0.2) is 85.1 Å². The summed E-state index contributed by atoms with van der Waals surface area (Å²) in [6, 6.07) is 0. The maximum absolute atomic E-state index is 12.7. The number of carbonyl (C=O) groups is 2. The highest BCUT2D eigenvalue weighted by atomic mass is 31.2. The first-order chi connectivity index (χ1) is 28.4. The van der Waals surface area contributed by atoms with Gasteiger partial charge in [0, 0.05) is 12.8 Å². The number of esters is 2. The van der Waals surface area contributed by atoms with E-state index in [1.54, 1.807) is 6.08 Å². The molecular weight excluding hydrogens is 765 g/mol. The van der Waals surface area contributed by atoms with Crippen LogP contribution in [0.2, 0.25) is 0 Å². The molecule has 3 unspecified atom stereocenters. The molecule has 0 aromatic rings. The summed E-state index contributed by atoms with van der Waals surface area (Å²) in [6.07, 6.45) is 47.4. The molecule has 2 N–H and O–H groups in total. The minimum atomic E-state index is -4.41. The zero-order chi connectivity index (χ0) is 43.7. The first kappa shape index (κ1) is 56.1. The lowest BCUT2D eigenvalue weighted by Gasteiger charge is -2.24. The van der Waals surface area contributed by atoms with Gasteiger partial charge in [-0.25, -0.2) is 4.57 Å². The summed E-state index contributed by atoms with van der Waals surface area (Å²) in [7, 11) is 1.39. The Morgan fingerprint density at radius 3 is 1.71 bits per heavy atom. The molecule has 0 saturated carbocycles. The van der Waals surface area contributed by atoms with Crippen molar-refractivity contribution in [2.75, 3.05) is 47.5 Å². The van der Waals surface area contributed by atoms with Crippen LogP contribution >= 0.6 is 7.82 Å². The van der Waals surface area contributed by atoms with E-state index in [1.807, 2.05) is 52.4 Å². The zero-order valence-corrected chi connectivity index (χ0v) is 38.5. The predicted octanol–water partition coefficient (Wildman–Crippen LogP) is 11.8. The Balaban J connectivity index is 4.53. The van der Waals surface area contributed by atoms with Crippen LogP contribution < -0.4 is 0 Å². The van der Waals surface area contributed by atoms with Crippen molar-refractivity contribution in [1.82, 2.24) is 0 Å². The molecule has 0 spiro atoms.